The van der Waals surface area contributed by atoms with E-state index in [1.165, 1.54) is 25.3 Å². The summed E-state index contributed by atoms with van der Waals surface area (Å²) in [5, 5.41) is 0. The van der Waals surface area contributed by atoms with Gasteiger partial charge in [0.05, 0.1) is 38.1 Å². The minimum Gasteiger partial charge on any atom is -0.382 e. The highest BCUT2D eigenvalue weighted by Gasteiger charge is 2.46. The van der Waals surface area contributed by atoms with Gasteiger partial charge in [0.2, 0.25) is 0 Å². The zero-order chi connectivity index (χ0) is 35.2. The molecule has 6 rings (SSSR count). The Morgan fingerprint density at radius 1 is 0.633 bits per heavy atom. The fourth-order valence-electron chi connectivity index (χ4n) is 5.01. The third kappa shape index (κ3) is 8.56. The molecule has 0 aromatic carbocycles. The Morgan fingerprint density at radius 3 is 1.43 bits per heavy atom. The molecule has 4 aromatic rings. The number of aromatic nitrogens is 8. The lowest BCUT2D eigenvalue weighted by Crippen LogP contribution is -2.16. The number of phosphoric acid groups is 4. The van der Waals surface area contributed by atoms with E-state index in [0.29, 0.717) is 48.0 Å². The monoisotopic (exact) mass is 772 g/mol. The molecular formula is C20H28N10O15P4. The summed E-state index contributed by atoms with van der Waals surface area (Å²) in [5.74, 6) is 0.304. The van der Waals surface area contributed by atoms with Gasteiger partial charge in [-0.25, -0.2) is 48.2 Å². The van der Waals surface area contributed by atoms with Crippen molar-refractivity contribution >= 4 is 65.3 Å². The normalized spacial score (nSPS) is 26.4. The van der Waals surface area contributed by atoms with Crippen LogP contribution in [0.5, 0.6) is 0 Å². The van der Waals surface area contributed by atoms with E-state index in [2.05, 4.69) is 42.8 Å². The van der Waals surface area contributed by atoms with E-state index in [1.807, 2.05) is 0 Å². The molecule has 0 radical (unpaired) electrons. The SMILES string of the molecule is Nc1ncnc2c1ncn2[C@H]1CC[C@@H](COP(=O)(O)OP(=O)(O)OP(=O)(O)OP(=O)(O)OC[C@@H]2CC[C@H](n3cnc4c(N)ncnc43)O2)O1. The van der Waals surface area contributed by atoms with Gasteiger partial charge in [0.1, 0.15) is 36.1 Å². The number of hydrogen-bond donors (Lipinski definition) is 6. The van der Waals surface area contributed by atoms with Crippen molar-refractivity contribution in [2.45, 2.75) is 50.3 Å². The number of nitrogen functional groups attached to an aromatic ring is 2. The second-order valence-electron chi connectivity index (χ2n) is 10.5. The summed E-state index contributed by atoms with van der Waals surface area (Å²) >= 11 is 0. The van der Waals surface area contributed by atoms with Gasteiger partial charge in [-0.05, 0) is 25.7 Å². The van der Waals surface area contributed by atoms with Crippen molar-refractivity contribution in [2.75, 3.05) is 24.7 Å². The average molecular weight is 772 g/mol. The van der Waals surface area contributed by atoms with Crippen LogP contribution in [0.3, 0.4) is 0 Å². The number of imidazole rings is 2. The summed E-state index contributed by atoms with van der Waals surface area (Å²) in [4.78, 5) is 63.8. The number of hydrogen-bond acceptors (Lipinski definition) is 19. The number of nitrogens with zero attached hydrogens (tertiary/aromatic N) is 8. The van der Waals surface area contributed by atoms with Crippen LogP contribution in [0, 0.1) is 0 Å². The molecule has 8 N–H and O–H groups in total. The Hall–Kier alpha value is -2.82. The van der Waals surface area contributed by atoms with E-state index < -0.39 is 69.2 Å². The second-order valence-corrected chi connectivity index (χ2v) is 16.7. The lowest BCUT2D eigenvalue weighted by Gasteiger charge is -2.21. The van der Waals surface area contributed by atoms with Crippen molar-refractivity contribution in [1.82, 2.24) is 39.0 Å². The molecule has 25 nitrogen and oxygen atoms in total. The van der Waals surface area contributed by atoms with Gasteiger partial charge in [-0.15, -0.1) is 0 Å². The molecule has 0 bridgehead atoms. The first kappa shape index (κ1) is 36.0. The van der Waals surface area contributed by atoms with Crippen molar-refractivity contribution in [2.24, 2.45) is 0 Å². The van der Waals surface area contributed by atoms with Gasteiger partial charge in [-0.2, -0.15) is 12.9 Å². The highest BCUT2D eigenvalue weighted by molar-refractivity contribution is 7.69. The van der Waals surface area contributed by atoms with Gasteiger partial charge < -0.3 is 40.5 Å². The minimum absolute atomic E-state index is 0.152. The van der Waals surface area contributed by atoms with Crippen molar-refractivity contribution in [3.05, 3.63) is 25.3 Å². The standard InChI is InChI=1S/C20H28N10O15P4/c21-17-15-19(25-7-23-17)29(9-27-15)13-3-1-11(41-13)5-39-46(31,32)43-48(35,36)45-49(37,38)44-47(33,34)40-6-12-2-4-14(42-12)30-10-28-16-18(22)24-8-26-20(16)30/h7-14H,1-6H2,(H,31,32)(H,33,34)(H,35,36)(H,37,38)(H2,21,23,25)(H2,22,24,26)/t11-,12-,13+,14+/m0/s1. The Bertz CT molecular complexity index is 1910. The van der Waals surface area contributed by atoms with E-state index in [0.717, 1.165) is 0 Å². The fourth-order valence-corrected chi connectivity index (χ4v) is 10.0. The zero-order valence-electron chi connectivity index (χ0n) is 24.7. The van der Waals surface area contributed by atoms with Crippen LogP contribution in [0.4, 0.5) is 11.6 Å². The van der Waals surface area contributed by atoms with Gasteiger partial charge in [0.15, 0.2) is 22.9 Å². The fraction of sp³-hybridized carbons (Fsp3) is 0.500. The molecule has 268 valence electrons. The molecule has 8 atom stereocenters. The highest BCUT2D eigenvalue weighted by atomic mass is 31.3. The first-order valence-electron chi connectivity index (χ1n) is 13.9. The van der Waals surface area contributed by atoms with Gasteiger partial charge in [0.25, 0.3) is 0 Å². The van der Waals surface area contributed by atoms with Crippen molar-refractivity contribution in [3.8, 4) is 0 Å². The van der Waals surface area contributed by atoms with E-state index in [-0.39, 0.29) is 11.6 Å². The predicted molar refractivity (Wildman–Crippen MR) is 160 cm³/mol. The van der Waals surface area contributed by atoms with Crippen LogP contribution in [0.1, 0.15) is 38.1 Å². The molecule has 2 aliphatic rings. The van der Waals surface area contributed by atoms with E-state index in [9.17, 15) is 37.8 Å². The number of anilines is 2. The summed E-state index contributed by atoms with van der Waals surface area (Å²) < 4.78 is 85.3. The maximum atomic E-state index is 12.4. The molecule has 0 spiro atoms. The summed E-state index contributed by atoms with van der Waals surface area (Å²) in [6, 6.07) is 0. The lowest BCUT2D eigenvalue weighted by atomic mass is 10.2. The number of ether oxygens (including phenoxy) is 2. The molecule has 2 fully saturated rings. The quantitative estimate of drug-likeness (QED) is 0.0992. The van der Waals surface area contributed by atoms with Crippen LogP contribution in [-0.2, 0) is 49.7 Å². The predicted octanol–water partition coefficient (Wildman–Crippen LogP) is 1.67. The highest BCUT2D eigenvalue weighted by Crippen LogP contribution is 2.71. The van der Waals surface area contributed by atoms with Gasteiger partial charge >= 0.3 is 31.3 Å². The Labute approximate surface area is 273 Å². The number of phosphoric ester groups is 2. The molecule has 49 heavy (non-hydrogen) atoms. The zero-order valence-corrected chi connectivity index (χ0v) is 28.2. The Morgan fingerprint density at radius 2 is 1.02 bits per heavy atom. The third-order valence-corrected chi connectivity index (χ3v) is 12.9. The molecule has 0 aliphatic carbocycles. The average Bonchev–Trinajstić information content (AvgIpc) is 3.79. The number of fused-ring (bicyclic) bond motifs is 2. The number of rotatable bonds is 14. The lowest BCUT2D eigenvalue weighted by molar-refractivity contribution is -0.0209. The topological polar surface area (TPSA) is 353 Å². The molecule has 0 saturated carbocycles. The minimum atomic E-state index is -5.96. The molecule has 2 aliphatic heterocycles. The first-order valence-corrected chi connectivity index (χ1v) is 19.9. The van der Waals surface area contributed by atoms with E-state index in [1.54, 1.807) is 9.13 Å². The summed E-state index contributed by atoms with van der Waals surface area (Å²) in [6.45, 7) is -1.27. The summed E-state index contributed by atoms with van der Waals surface area (Å²) in [6.07, 6.45) is 3.79. The van der Waals surface area contributed by atoms with Crippen molar-refractivity contribution < 1.29 is 69.3 Å². The van der Waals surface area contributed by atoms with Crippen LogP contribution >= 0.6 is 31.3 Å². The molecule has 29 heteroatoms. The third-order valence-electron chi connectivity index (χ3n) is 7.03. The van der Waals surface area contributed by atoms with Gasteiger partial charge in [-0.1, -0.05) is 0 Å². The second kappa shape index (κ2) is 13.7. The van der Waals surface area contributed by atoms with Gasteiger partial charge in [-0.3, -0.25) is 18.2 Å². The smallest absolute Gasteiger partial charge is 0.382 e. The summed E-state index contributed by atoms with van der Waals surface area (Å²) in [7, 11) is -22.9. The molecule has 0 amide bonds. The molecule has 4 aromatic heterocycles. The van der Waals surface area contributed by atoms with Crippen LogP contribution < -0.4 is 11.5 Å². The van der Waals surface area contributed by atoms with Crippen LogP contribution in [0.2, 0.25) is 0 Å². The Balaban J connectivity index is 0.962. The molecule has 4 unspecified atom stereocenters. The van der Waals surface area contributed by atoms with Crippen molar-refractivity contribution in [3.63, 3.8) is 0 Å². The number of nitrogens with two attached hydrogens (primary N) is 2. The maximum Gasteiger partial charge on any atom is 0.490 e. The largest absolute Gasteiger partial charge is 0.490 e. The van der Waals surface area contributed by atoms with Crippen LogP contribution in [0.25, 0.3) is 22.3 Å². The van der Waals surface area contributed by atoms with Crippen LogP contribution in [-0.4, -0.2) is 84.0 Å². The molecule has 2 saturated heterocycles. The Kier molecular flexibility index (Phi) is 10.1. The maximum absolute atomic E-state index is 12.4. The van der Waals surface area contributed by atoms with E-state index in [4.69, 9.17) is 30.0 Å². The summed E-state index contributed by atoms with van der Waals surface area (Å²) in [5.41, 5.74) is 13.0. The van der Waals surface area contributed by atoms with Crippen LogP contribution in [0.15, 0.2) is 25.3 Å². The van der Waals surface area contributed by atoms with Crippen molar-refractivity contribution in [1.29, 1.82) is 0 Å². The molecular weight excluding hydrogens is 744 g/mol. The van der Waals surface area contributed by atoms with E-state index >= 15 is 0 Å². The van der Waals surface area contributed by atoms with Gasteiger partial charge in [0, 0.05) is 0 Å². The first-order chi connectivity index (χ1) is 23.0. The molecule has 6 heterocycles.